The fourth-order valence-electron chi connectivity index (χ4n) is 2.22. The van der Waals surface area contributed by atoms with Crippen LogP contribution in [0.3, 0.4) is 0 Å². The van der Waals surface area contributed by atoms with E-state index >= 15 is 0 Å². The molecule has 1 aliphatic heterocycles. The molecule has 2 aromatic heterocycles. The molecule has 0 unspecified atom stereocenters. The molecule has 3 rings (SSSR count). The maximum atomic E-state index is 11.8. The lowest BCUT2D eigenvalue weighted by Crippen LogP contribution is -2.42. The van der Waals surface area contributed by atoms with E-state index in [1.54, 1.807) is 6.20 Å². The second kappa shape index (κ2) is 4.59. The van der Waals surface area contributed by atoms with Crippen LogP contribution in [0.4, 0.5) is 0 Å². The zero-order valence-corrected chi connectivity index (χ0v) is 9.86. The number of amides is 1. The first-order valence-corrected chi connectivity index (χ1v) is 5.93. The number of aryl methyl sites for hydroxylation is 1. The van der Waals surface area contributed by atoms with E-state index in [1.165, 1.54) is 17.3 Å². The molecule has 0 spiro atoms. The third kappa shape index (κ3) is 2.24. The summed E-state index contributed by atoms with van der Waals surface area (Å²) < 4.78 is 3.60. The Labute approximate surface area is 104 Å². The number of nitrogens with one attached hydrogen (secondary N) is 1. The summed E-state index contributed by atoms with van der Waals surface area (Å²) in [4.78, 5) is 19.9. The van der Waals surface area contributed by atoms with Gasteiger partial charge in [-0.15, -0.1) is 0 Å². The molecule has 7 nitrogen and oxygen atoms in total. The van der Waals surface area contributed by atoms with Crippen molar-refractivity contribution in [3.8, 4) is 0 Å². The minimum Gasteiger partial charge on any atom is -0.350 e. The lowest BCUT2D eigenvalue weighted by molar-refractivity contribution is -0.122. The summed E-state index contributed by atoms with van der Waals surface area (Å²) in [6, 6.07) is 0.169. The van der Waals surface area contributed by atoms with Crippen LogP contribution in [0.5, 0.6) is 0 Å². The number of fused-ring (bicyclic) bond motifs is 1. The highest BCUT2D eigenvalue weighted by molar-refractivity contribution is 5.75. The largest absolute Gasteiger partial charge is 0.350 e. The number of carbonyl (C=O) groups excluding carboxylic acids is 1. The molecule has 1 amide bonds. The van der Waals surface area contributed by atoms with E-state index in [2.05, 4.69) is 25.0 Å². The van der Waals surface area contributed by atoms with Crippen molar-refractivity contribution in [2.45, 2.75) is 32.0 Å². The third-order valence-electron chi connectivity index (χ3n) is 3.07. The van der Waals surface area contributed by atoms with Gasteiger partial charge in [-0.05, 0) is 6.42 Å². The number of rotatable bonds is 3. The van der Waals surface area contributed by atoms with Crippen molar-refractivity contribution in [1.29, 1.82) is 0 Å². The number of carbonyl (C=O) groups is 1. The van der Waals surface area contributed by atoms with Gasteiger partial charge in [0.15, 0.2) is 0 Å². The van der Waals surface area contributed by atoms with Gasteiger partial charge in [-0.25, -0.2) is 14.6 Å². The molecule has 0 saturated heterocycles. The Balaban J connectivity index is 1.56. The Morgan fingerprint density at radius 2 is 2.50 bits per heavy atom. The smallest absolute Gasteiger partial charge is 0.242 e. The van der Waals surface area contributed by atoms with Crippen molar-refractivity contribution >= 4 is 5.91 Å². The fraction of sp³-hybridized carbons (Fsp3) is 0.455. The lowest BCUT2D eigenvalue weighted by Gasteiger charge is -2.24. The van der Waals surface area contributed by atoms with E-state index in [1.807, 2.05) is 6.20 Å². The third-order valence-corrected chi connectivity index (χ3v) is 3.07. The van der Waals surface area contributed by atoms with E-state index in [9.17, 15) is 4.79 Å². The number of aromatic nitrogens is 5. The zero-order chi connectivity index (χ0) is 12.4. The molecular weight excluding hydrogens is 232 g/mol. The highest BCUT2D eigenvalue weighted by atomic mass is 16.2. The number of hydrogen-bond donors (Lipinski definition) is 1. The van der Waals surface area contributed by atoms with Gasteiger partial charge < -0.3 is 9.88 Å². The summed E-state index contributed by atoms with van der Waals surface area (Å²) in [6.07, 6.45) is 8.54. The summed E-state index contributed by atoms with van der Waals surface area (Å²) in [5.74, 6) is 1.06. The van der Waals surface area contributed by atoms with Gasteiger partial charge >= 0.3 is 0 Å². The topological polar surface area (TPSA) is 77.6 Å². The standard InChI is InChI=1S/C11H14N6O/c18-11(6-17-8-12-7-14-17)15-9-1-2-10-13-3-4-16(10)5-9/h3-4,7-9H,1-2,5-6H2,(H,15,18)/t9-/m1/s1. The molecule has 0 aliphatic carbocycles. The van der Waals surface area contributed by atoms with Gasteiger partial charge in [0.2, 0.25) is 5.91 Å². The molecule has 1 aliphatic rings. The van der Waals surface area contributed by atoms with Crippen LogP contribution >= 0.6 is 0 Å². The molecule has 94 valence electrons. The molecular formula is C11H14N6O. The molecule has 0 fully saturated rings. The maximum absolute atomic E-state index is 11.8. The molecule has 1 N–H and O–H groups in total. The number of hydrogen-bond acceptors (Lipinski definition) is 4. The van der Waals surface area contributed by atoms with E-state index in [-0.39, 0.29) is 18.5 Å². The van der Waals surface area contributed by atoms with E-state index < -0.39 is 0 Å². The summed E-state index contributed by atoms with van der Waals surface area (Å²) in [7, 11) is 0. The van der Waals surface area contributed by atoms with E-state index in [4.69, 9.17) is 0 Å². The van der Waals surface area contributed by atoms with Crippen molar-refractivity contribution in [1.82, 2.24) is 29.6 Å². The average Bonchev–Trinajstić information content (AvgIpc) is 2.98. The lowest BCUT2D eigenvalue weighted by atomic mass is 10.1. The first-order valence-electron chi connectivity index (χ1n) is 5.93. The van der Waals surface area contributed by atoms with Crippen molar-refractivity contribution in [3.63, 3.8) is 0 Å². The molecule has 0 radical (unpaired) electrons. The summed E-state index contributed by atoms with van der Waals surface area (Å²) in [5.41, 5.74) is 0. The Morgan fingerprint density at radius 3 is 3.33 bits per heavy atom. The van der Waals surface area contributed by atoms with E-state index in [0.717, 1.165) is 25.2 Å². The average molecular weight is 246 g/mol. The van der Waals surface area contributed by atoms with Gasteiger partial charge in [-0.1, -0.05) is 0 Å². The van der Waals surface area contributed by atoms with Crippen molar-refractivity contribution in [2.24, 2.45) is 0 Å². The van der Waals surface area contributed by atoms with Crippen LogP contribution in [0.15, 0.2) is 25.0 Å². The van der Waals surface area contributed by atoms with Crippen molar-refractivity contribution in [2.75, 3.05) is 0 Å². The highest BCUT2D eigenvalue weighted by Crippen LogP contribution is 2.12. The normalized spacial score (nSPS) is 18.3. The van der Waals surface area contributed by atoms with Gasteiger partial charge in [0, 0.05) is 31.4 Å². The van der Waals surface area contributed by atoms with Crippen LogP contribution in [-0.4, -0.2) is 36.3 Å². The quantitative estimate of drug-likeness (QED) is 0.799. The summed E-state index contributed by atoms with van der Waals surface area (Å²) in [5, 5.41) is 6.92. The molecule has 7 heteroatoms. The van der Waals surface area contributed by atoms with Crippen molar-refractivity contribution in [3.05, 3.63) is 30.9 Å². The number of imidazole rings is 1. The molecule has 0 bridgehead atoms. The van der Waals surface area contributed by atoms with Gasteiger partial charge in [0.25, 0.3) is 0 Å². The fourth-order valence-corrected chi connectivity index (χ4v) is 2.22. The van der Waals surface area contributed by atoms with Crippen LogP contribution in [0.1, 0.15) is 12.2 Å². The minimum atomic E-state index is -0.0333. The first kappa shape index (κ1) is 10.9. The Bertz CT molecular complexity index is 531. The predicted molar refractivity (Wildman–Crippen MR) is 62.5 cm³/mol. The zero-order valence-electron chi connectivity index (χ0n) is 9.86. The van der Waals surface area contributed by atoms with Crippen LogP contribution < -0.4 is 5.32 Å². The van der Waals surface area contributed by atoms with Gasteiger partial charge in [0.1, 0.15) is 25.0 Å². The maximum Gasteiger partial charge on any atom is 0.242 e. The molecule has 0 aromatic carbocycles. The number of nitrogens with zero attached hydrogens (tertiary/aromatic N) is 5. The highest BCUT2D eigenvalue weighted by Gasteiger charge is 2.20. The van der Waals surface area contributed by atoms with Crippen LogP contribution in [-0.2, 0) is 24.3 Å². The van der Waals surface area contributed by atoms with Crippen LogP contribution in [0.25, 0.3) is 0 Å². The van der Waals surface area contributed by atoms with Gasteiger partial charge in [0.05, 0.1) is 0 Å². The van der Waals surface area contributed by atoms with Gasteiger partial charge in [-0.2, -0.15) is 5.10 Å². The Morgan fingerprint density at radius 1 is 1.56 bits per heavy atom. The van der Waals surface area contributed by atoms with Gasteiger partial charge in [-0.3, -0.25) is 4.79 Å². The second-order valence-corrected chi connectivity index (χ2v) is 4.39. The monoisotopic (exact) mass is 246 g/mol. The molecule has 3 heterocycles. The second-order valence-electron chi connectivity index (χ2n) is 4.39. The Hall–Kier alpha value is -2.18. The molecule has 2 aromatic rings. The Kier molecular flexibility index (Phi) is 2.79. The summed E-state index contributed by atoms with van der Waals surface area (Å²) >= 11 is 0. The SMILES string of the molecule is O=C(Cn1cncn1)N[C@@H]1CCc2nccn2C1. The first-order chi connectivity index (χ1) is 8.81. The molecule has 1 atom stereocenters. The summed E-state index contributed by atoms with van der Waals surface area (Å²) in [6.45, 7) is 1.01. The van der Waals surface area contributed by atoms with Crippen LogP contribution in [0.2, 0.25) is 0 Å². The predicted octanol–water partition coefficient (Wildman–Crippen LogP) is -0.394. The molecule has 0 saturated carbocycles. The van der Waals surface area contributed by atoms with Crippen LogP contribution in [0, 0.1) is 0 Å². The van der Waals surface area contributed by atoms with Crippen molar-refractivity contribution < 1.29 is 4.79 Å². The molecule has 18 heavy (non-hydrogen) atoms. The van der Waals surface area contributed by atoms with E-state index in [0.29, 0.717) is 0 Å². The minimum absolute atomic E-state index is 0.0333.